The lowest BCUT2D eigenvalue weighted by molar-refractivity contribution is -0.137. The van der Waals surface area contributed by atoms with Crippen LogP contribution in [0.25, 0.3) is 0 Å². The van der Waals surface area contributed by atoms with Crippen LogP contribution in [0.3, 0.4) is 0 Å². The Labute approximate surface area is 57.8 Å². The second kappa shape index (κ2) is 3.95. The first kappa shape index (κ1) is 11.8. The Balaban J connectivity index is 0. The van der Waals surface area contributed by atoms with Crippen LogP contribution in [0.5, 0.6) is 0 Å². The van der Waals surface area contributed by atoms with Crippen molar-refractivity contribution in [2.75, 3.05) is 0 Å². The maximum Gasteiger partial charge on any atom is 0.390 e. The summed E-state index contributed by atoms with van der Waals surface area (Å²) in [4.78, 5) is 0. The summed E-state index contributed by atoms with van der Waals surface area (Å²) in [5.74, 6) is 0. The molecular weight excluding hydrogens is 154 g/mol. The van der Waals surface area contributed by atoms with Crippen molar-refractivity contribution in [1.29, 1.82) is 0 Å². The molecule has 0 aliphatic rings. The summed E-state index contributed by atoms with van der Waals surface area (Å²) >= 11 is 0. The van der Waals surface area contributed by atoms with Gasteiger partial charge >= 0.3 is 6.18 Å². The lowest BCUT2D eigenvalue weighted by Crippen LogP contribution is -2.23. The topological polar surface area (TPSA) is 26.0 Å². The van der Waals surface area contributed by atoms with Gasteiger partial charge in [-0.15, -0.1) is 12.4 Å². The summed E-state index contributed by atoms with van der Waals surface area (Å²) in [6, 6.07) is -0.782. The van der Waals surface area contributed by atoms with Gasteiger partial charge in [0.25, 0.3) is 0 Å². The van der Waals surface area contributed by atoms with Gasteiger partial charge in [-0.1, -0.05) is 0 Å². The molecule has 2 N–H and O–H groups in total. The maximum atomic E-state index is 11.2. The van der Waals surface area contributed by atoms with Crippen LogP contribution in [0.2, 0.25) is 0 Å². The first-order chi connectivity index (χ1) is 3.42. The molecule has 0 rings (SSSR count). The van der Waals surface area contributed by atoms with Crippen molar-refractivity contribution in [1.82, 2.24) is 0 Å². The standard InChI is InChI=1S/C4H8F3N.ClH/c1-3(8)2-4(5,6)7;/h3H,2,8H2,1H3;1H/t3-;/m0./s1. The lowest BCUT2D eigenvalue weighted by atomic mass is 10.2. The van der Waals surface area contributed by atoms with Crippen molar-refractivity contribution in [2.45, 2.75) is 25.6 Å². The molecule has 0 heterocycles. The zero-order chi connectivity index (χ0) is 6.78. The van der Waals surface area contributed by atoms with Gasteiger partial charge in [0, 0.05) is 6.04 Å². The van der Waals surface area contributed by atoms with E-state index in [0.717, 1.165) is 0 Å². The van der Waals surface area contributed by atoms with Crippen LogP contribution in [0.4, 0.5) is 13.2 Å². The minimum Gasteiger partial charge on any atom is -0.328 e. The smallest absolute Gasteiger partial charge is 0.328 e. The Bertz CT molecular complexity index is 70.7. The molecule has 0 amide bonds. The third-order valence-electron chi connectivity index (χ3n) is 0.553. The fourth-order valence-corrected chi connectivity index (χ4v) is 0.365. The summed E-state index contributed by atoms with van der Waals surface area (Å²) in [5.41, 5.74) is 4.86. The molecule has 9 heavy (non-hydrogen) atoms. The largest absolute Gasteiger partial charge is 0.390 e. The normalized spacial score (nSPS) is 14.3. The van der Waals surface area contributed by atoms with E-state index in [1.807, 2.05) is 0 Å². The molecule has 0 aromatic carbocycles. The van der Waals surface area contributed by atoms with E-state index < -0.39 is 18.6 Å². The molecule has 5 heteroatoms. The molecule has 0 radical (unpaired) electrons. The van der Waals surface area contributed by atoms with Crippen LogP contribution in [-0.2, 0) is 0 Å². The van der Waals surface area contributed by atoms with E-state index in [1.54, 1.807) is 0 Å². The van der Waals surface area contributed by atoms with Crippen molar-refractivity contribution >= 4 is 12.4 Å². The Hall–Kier alpha value is 0.0400. The van der Waals surface area contributed by atoms with E-state index >= 15 is 0 Å². The Kier molecular flexibility index (Phi) is 5.18. The van der Waals surface area contributed by atoms with Crippen LogP contribution in [-0.4, -0.2) is 12.2 Å². The number of halogens is 4. The molecule has 0 bridgehead atoms. The predicted molar refractivity (Wildman–Crippen MR) is 31.6 cm³/mol. The fraction of sp³-hybridized carbons (Fsp3) is 1.00. The van der Waals surface area contributed by atoms with Crippen molar-refractivity contribution in [3.8, 4) is 0 Å². The van der Waals surface area contributed by atoms with Crippen LogP contribution < -0.4 is 5.73 Å². The Morgan fingerprint density at radius 1 is 1.44 bits per heavy atom. The maximum absolute atomic E-state index is 11.2. The number of rotatable bonds is 1. The summed E-state index contributed by atoms with van der Waals surface area (Å²) in [5, 5.41) is 0. The van der Waals surface area contributed by atoms with Crippen LogP contribution >= 0.6 is 12.4 Å². The highest BCUT2D eigenvalue weighted by atomic mass is 35.5. The summed E-state index contributed by atoms with van der Waals surface area (Å²) in [6.07, 6.45) is -5.00. The molecule has 0 unspecified atom stereocenters. The fourth-order valence-electron chi connectivity index (χ4n) is 0.365. The van der Waals surface area contributed by atoms with Crippen molar-refractivity contribution < 1.29 is 13.2 Å². The third-order valence-corrected chi connectivity index (χ3v) is 0.553. The molecule has 1 nitrogen and oxygen atoms in total. The van der Waals surface area contributed by atoms with Gasteiger partial charge in [0.1, 0.15) is 0 Å². The highest BCUT2D eigenvalue weighted by Gasteiger charge is 2.28. The lowest BCUT2D eigenvalue weighted by Gasteiger charge is -2.07. The van der Waals surface area contributed by atoms with Crippen molar-refractivity contribution in [2.24, 2.45) is 5.73 Å². The zero-order valence-electron chi connectivity index (χ0n) is 4.90. The average Bonchev–Trinajstić information content (AvgIpc) is 1.21. The van der Waals surface area contributed by atoms with E-state index in [4.69, 9.17) is 5.73 Å². The molecule has 0 aliphatic heterocycles. The molecule has 0 aromatic rings. The molecule has 58 valence electrons. The highest BCUT2D eigenvalue weighted by molar-refractivity contribution is 5.85. The van der Waals surface area contributed by atoms with E-state index in [9.17, 15) is 13.2 Å². The summed E-state index contributed by atoms with van der Waals surface area (Å²) < 4.78 is 33.7. The van der Waals surface area contributed by atoms with E-state index in [-0.39, 0.29) is 12.4 Å². The van der Waals surface area contributed by atoms with E-state index in [0.29, 0.717) is 0 Å². The van der Waals surface area contributed by atoms with Gasteiger partial charge < -0.3 is 5.73 Å². The second-order valence-corrected chi connectivity index (χ2v) is 1.80. The summed E-state index contributed by atoms with van der Waals surface area (Å²) in [6.45, 7) is 1.33. The van der Waals surface area contributed by atoms with Crippen LogP contribution in [0, 0.1) is 0 Å². The van der Waals surface area contributed by atoms with E-state index in [1.165, 1.54) is 6.92 Å². The monoisotopic (exact) mass is 163 g/mol. The Morgan fingerprint density at radius 3 is 1.78 bits per heavy atom. The minimum absolute atomic E-state index is 0. The molecule has 0 fully saturated rings. The van der Waals surface area contributed by atoms with Gasteiger partial charge in [0.05, 0.1) is 6.42 Å². The van der Waals surface area contributed by atoms with Gasteiger partial charge in [-0.25, -0.2) is 0 Å². The molecule has 1 atom stereocenters. The van der Waals surface area contributed by atoms with Gasteiger partial charge in [-0.2, -0.15) is 13.2 Å². The minimum atomic E-state index is -4.10. The average molecular weight is 164 g/mol. The number of hydrogen-bond donors (Lipinski definition) is 1. The number of nitrogens with two attached hydrogens (primary N) is 1. The highest BCUT2D eigenvalue weighted by Crippen LogP contribution is 2.20. The molecule has 0 aliphatic carbocycles. The Morgan fingerprint density at radius 2 is 1.78 bits per heavy atom. The molecular formula is C4H9ClF3N. The number of alkyl halides is 3. The molecule has 0 saturated carbocycles. The van der Waals surface area contributed by atoms with Crippen LogP contribution in [0.15, 0.2) is 0 Å². The molecule has 0 aromatic heterocycles. The molecule has 0 saturated heterocycles. The van der Waals surface area contributed by atoms with Gasteiger partial charge in [-0.05, 0) is 6.92 Å². The SMILES string of the molecule is C[C@H](N)CC(F)(F)F.Cl. The third kappa shape index (κ3) is 11.5. The predicted octanol–water partition coefficient (Wildman–Crippen LogP) is 1.71. The van der Waals surface area contributed by atoms with Gasteiger partial charge in [-0.3, -0.25) is 0 Å². The van der Waals surface area contributed by atoms with Crippen LogP contribution in [0.1, 0.15) is 13.3 Å². The van der Waals surface area contributed by atoms with Crippen molar-refractivity contribution in [3.05, 3.63) is 0 Å². The van der Waals surface area contributed by atoms with Gasteiger partial charge in [0.15, 0.2) is 0 Å². The summed E-state index contributed by atoms with van der Waals surface area (Å²) in [7, 11) is 0. The first-order valence-corrected chi connectivity index (χ1v) is 2.24. The number of hydrogen-bond acceptors (Lipinski definition) is 1. The quantitative estimate of drug-likeness (QED) is 0.626. The zero-order valence-corrected chi connectivity index (χ0v) is 5.72. The second-order valence-electron chi connectivity index (χ2n) is 1.80. The van der Waals surface area contributed by atoms with E-state index in [2.05, 4.69) is 0 Å². The molecule has 0 spiro atoms. The van der Waals surface area contributed by atoms with Crippen molar-refractivity contribution in [3.63, 3.8) is 0 Å². The first-order valence-electron chi connectivity index (χ1n) is 2.24. The van der Waals surface area contributed by atoms with Gasteiger partial charge in [0.2, 0.25) is 0 Å².